The first-order valence-corrected chi connectivity index (χ1v) is 6.05. The van der Waals surface area contributed by atoms with Crippen LogP contribution in [-0.4, -0.2) is 30.7 Å². The van der Waals surface area contributed by atoms with Gasteiger partial charge in [0.15, 0.2) is 0 Å². The van der Waals surface area contributed by atoms with Crippen LogP contribution in [0.4, 0.5) is 5.69 Å². The van der Waals surface area contributed by atoms with Gasteiger partial charge in [-0.1, -0.05) is 6.07 Å². The van der Waals surface area contributed by atoms with Gasteiger partial charge in [-0.2, -0.15) is 0 Å². The van der Waals surface area contributed by atoms with E-state index in [4.69, 9.17) is 5.73 Å². The molecule has 1 unspecified atom stereocenters. The molecule has 0 saturated carbocycles. The zero-order valence-corrected chi connectivity index (χ0v) is 10.2. The van der Waals surface area contributed by atoms with Gasteiger partial charge < -0.3 is 11.1 Å². The van der Waals surface area contributed by atoms with Crippen LogP contribution in [0, 0.1) is 0 Å². The van der Waals surface area contributed by atoms with Crippen LogP contribution in [0.2, 0.25) is 0 Å². The van der Waals surface area contributed by atoms with Gasteiger partial charge in [-0.05, 0) is 31.8 Å². The number of carbonyl (C=O) groups is 1. The normalized spacial score (nSPS) is 16.9. The number of amides is 1. The molecule has 0 fully saturated rings. The number of thioether (sulfide) groups is 1. The summed E-state index contributed by atoms with van der Waals surface area (Å²) in [4.78, 5) is 14.3. The molecule has 0 aliphatic carbocycles. The predicted molar refractivity (Wildman–Crippen MR) is 66.4 cm³/mol. The molecule has 1 aliphatic rings. The zero-order valence-electron chi connectivity index (χ0n) is 9.36. The van der Waals surface area contributed by atoms with E-state index in [-0.39, 0.29) is 12.1 Å². The van der Waals surface area contributed by atoms with Crippen molar-refractivity contribution in [2.24, 2.45) is 5.73 Å². The number of rotatable bonds is 2. The van der Waals surface area contributed by atoms with Gasteiger partial charge in [0, 0.05) is 4.90 Å². The second-order valence-electron chi connectivity index (χ2n) is 4.00. The summed E-state index contributed by atoms with van der Waals surface area (Å²) in [5, 5.41) is 2.86. The lowest BCUT2D eigenvalue weighted by Crippen LogP contribution is -2.28. The number of nitrogens with two attached hydrogens (primary N) is 1. The Morgan fingerprint density at radius 2 is 2.25 bits per heavy atom. The summed E-state index contributed by atoms with van der Waals surface area (Å²) in [6, 6.07) is 5.97. The van der Waals surface area contributed by atoms with E-state index in [2.05, 4.69) is 5.32 Å². The maximum atomic E-state index is 11.3. The van der Waals surface area contributed by atoms with Crippen LogP contribution in [0.15, 0.2) is 23.1 Å². The lowest BCUT2D eigenvalue weighted by atomic mass is 10.1. The van der Waals surface area contributed by atoms with Crippen molar-refractivity contribution in [2.45, 2.75) is 11.1 Å². The summed E-state index contributed by atoms with van der Waals surface area (Å²) in [6.45, 7) is 0. The van der Waals surface area contributed by atoms with Crippen LogP contribution < -0.4 is 11.1 Å². The van der Waals surface area contributed by atoms with Gasteiger partial charge in [0.25, 0.3) is 0 Å². The molecule has 2 rings (SSSR count). The van der Waals surface area contributed by atoms with Crippen molar-refractivity contribution in [3.63, 3.8) is 0 Å². The number of nitrogens with zero attached hydrogens (tertiary/aromatic N) is 1. The summed E-state index contributed by atoms with van der Waals surface area (Å²) in [7, 11) is 3.86. The molecule has 0 aromatic heterocycles. The highest BCUT2D eigenvalue weighted by atomic mass is 32.2. The van der Waals surface area contributed by atoms with E-state index in [0.29, 0.717) is 5.75 Å². The minimum atomic E-state index is -0.144. The number of hydrogen-bond acceptors (Lipinski definition) is 4. The Hall–Kier alpha value is -1.04. The first kappa shape index (κ1) is 11.4. The van der Waals surface area contributed by atoms with Gasteiger partial charge in [0.1, 0.15) is 0 Å². The second kappa shape index (κ2) is 4.45. The van der Waals surface area contributed by atoms with Crippen molar-refractivity contribution >= 4 is 23.4 Å². The fraction of sp³-hybridized carbons (Fsp3) is 0.364. The maximum Gasteiger partial charge on any atom is 0.234 e. The van der Waals surface area contributed by atoms with E-state index in [0.717, 1.165) is 16.1 Å². The first-order valence-electron chi connectivity index (χ1n) is 5.06. The Bertz CT molecular complexity index is 420. The van der Waals surface area contributed by atoms with Gasteiger partial charge >= 0.3 is 0 Å². The lowest BCUT2D eigenvalue weighted by Gasteiger charge is -2.23. The summed E-state index contributed by atoms with van der Waals surface area (Å²) >= 11 is 1.56. The quantitative estimate of drug-likeness (QED) is 0.760. The Balaban J connectivity index is 2.31. The molecule has 5 heteroatoms. The molecule has 1 atom stereocenters. The molecular formula is C11H15N3OS. The fourth-order valence-electron chi connectivity index (χ4n) is 1.58. The van der Waals surface area contributed by atoms with Crippen LogP contribution in [0.3, 0.4) is 0 Å². The molecule has 86 valence electrons. The Labute approximate surface area is 99.2 Å². The third-order valence-electron chi connectivity index (χ3n) is 2.53. The van der Waals surface area contributed by atoms with Gasteiger partial charge in [0.05, 0.1) is 17.6 Å². The smallest absolute Gasteiger partial charge is 0.234 e. The minimum absolute atomic E-state index is 0.0491. The van der Waals surface area contributed by atoms with Crippen LogP contribution in [-0.2, 0) is 4.79 Å². The first-order chi connectivity index (χ1) is 7.58. The van der Waals surface area contributed by atoms with Crippen molar-refractivity contribution in [2.75, 3.05) is 25.2 Å². The van der Waals surface area contributed by atoms with E-state index < -0.39 is 0 Å². The third-order valence-corrected chi connectivity index (χ3v) is 3.61. The van der Waals surface area contributed by atoms with Gasteiger partial charge in [-0.15, -0.1) is 11.8 Å². The lowest BCUT2D eigenvalue weighted by molar-refractivity contribution is -0.113. The molecule has 0 saturated heterocycles. The van der Waals surface area contributed by atoms with Crippen LogP contribution in [0.5, 0.6) is 0 Å². The summed E-state index contributed by atoms with van der Waals surface area (Å²) in [5.41, 5.74) is 7.89. The van der Waals surface area contributed by atoms with Crippen molar-refractivity contribution in [3.05, 3.63) is 23.8 Å². The molecule has 0 bridgehead atoms. The molecule has 1 aromatic carbocycles. The van der Waals surface area contributed by atoms with E-state index in [1.54, 1.807) is 11.8 Å². The minimum Gasteiger partial charge on any atom is -0.324 e. The van der Waals surface area contributed by atoms with Gasteiger partial charge in [-0.3, -0.25) is 9.69 Å². The molecule has 16 heavy (non-hydrogen) atoms. The van der Waals surface area contributed by atoms with E-state index >= 15 is 0 Å². The largest absolute Gasteiger partial charge is 0.324 e. The maximum absolute atomic E-state index is 11.3. The highest BCUT2D eigenvalue weighted by molar-refractivity contribution is 8.00. The SMILES string of the molecule is CN(C)C(N)c1ccc2c(c1)NC(=O)CS2. The van der Waals surface area contributed by atoms with E-state index in [9.17, 15) is 4.79 Å². The molecular weight excluding hydrogens is 222 g/mol. The van der Waals surface area contributed by atoms with Crippen molar-refractivity contribution in [1.29, 1.82) is 0 Å². The standard InChI is InChI=1S/C11H15N3OS/c1-14(2)11(12)7-3-4-9-8(5-7)13-10(15)6-16-9/h3-5,11H,6,12H2,1-2H3,(H,13,15). The fourth-order valence-corrected chi connectivity index (χ4v) is 2.37. The molecule has 1 amide bonds. The molecule has 0 radical (unpaired) electrons. The van der Waals surface area contributed by atoms with E-state index in [1.807, 2.05) is 37.2 Å². The molecule has 4 nitrogen and oxygen atoms in total. The number of carbonyl (C=O) groups excluding carboxylic acids is 1. The molecule has 1 aromatic rings. The number of benzene rings is 1. The van der Waals surface area contributed by atoms with Gasteiger partial charge in [-0.25, -0.2) is 0 Å². The molecule has 1 heterocycles. The van der Waals surface area contributed by atoms with Crippen LogP contribution >= 0.6 is 11.8 Å². The number of nitrogens with one attached hydrogen (secondary N) is 1. The third kappa shape index (κ3) is 2.21. The average molecular weight is 237 g/mol. The highest BCUT2D eigenvalue weighted by Crippen LogP contribution is 2.33. The molecule has 0 spiro atoms. The molecule has 3 N–H and O–H groups in total. The van der Waals surface area contributed by atoms with Crippen LogP contribution in [0.25, 0.3) is 0 Å². The number of fused-ring (bicyclic) bond motifs is 1. The summed E-state index contributed by atoms with van der Waals surface area (Å²) in [5.74, 6) is 0.541. The predicted octanol–water partition coefficient (Wildman–Crippen LogP) is 1.25. The highest BCUT2D eigenvalue weighted by Gasteiger charge is 2.17. The van der Waals surface area contributed by atoms with E-state index in [1.165, 1.54) is 0 Å². The van der Waals surface area contributed by atoms with Crippen LogP contribution in [0.1, 0.15) is 11.7 Å². The topological polar surface area (TPSA) is 58.4 Å². The van der Waals surface area contributed by atoms with Gasteiger partial charge in [0.2, 0.25) is 5.91 Å². The Morgan fingerprint density at radius 3 is 2.94 bits per heavy atom. The summed E-state index contributed by atoms with van der Waals surface area (Å²) in [6.07, 6.45) is -0.144. The zero-order chi connectivity index (χ0) is 11.7. The summed E-state index contributed by atoms with van der Waals surface area (Å²) < 4.78 is 0. The monoisotopic (exact) mass is 237 g/mol. The Morgan fingerprint density at radius 1 is 1.50 bits per heavy atom. The van der Waals surface area contributed by atoms with Crippen molar-refractivity contribution in [1.82, 2.24) is 4.90 Å². The number of hydrogen-bond donors (Lipinski definition) is 2. The number of anilines is 1. The second-order valence-corrected chi connectivity index (χ2v) is 5.02. The van der Waals surface area contributed by atoms with Crippen molar-refractivity contribution < 1.29 is 4.79 Å². The Kier molecular flexibility index (Phi) is 3.18. The van der Waals surface area contributed by atoms with Crippen molar-refractivity contribution in [3.8, 4) is 0 Å². The average Bonchev–Trinajstić information content (AvgIpc) is 2.26. The molecule has 1 aliphatic heterocycles.